The molecule has 0 bridgehead atoms. The van der Waals surface area contributed by atoms with Crippen molar-refractivity contribution < 1.29 is 4.39 Å². The summed E-state index contributed by atoms with van der Waals surface area (Å²) < 4.78 is 15.4. The minimum Gasteiger partial charge on any atom is -0.333 e. The van der Waals surface area contributed by atoms with Crippen LogP contribution in [0.15, 0.2) is 36.8 Å². The molecule has 18 heavy (non-hydrogen) atoms. The number of hydrogen-bond donors (Lipinski definition) is 1. The number of nitrogens with one attached hydrogen (secondary N) is 1. The van der Waals surface area contributed by atoms with Crippen molar-refractivity contribution in [3.8, 4) is 0 Å². The lowest BCUT2D eigenvalue weighted by Crippen LogP contribution is -2.13. The Kier molecular flexibility index (Phi) is 4.47. The van der Waals surface area contributed by atoms with Crippen molar-refractivity contribution in [1.29, 1.82) is 0 Å². The molecule has 96 valence electrons. The van der Waals surface area contributed by atoms with E-state index >= 15 is 0 Å². The summed E-state index contributed by atoms with van der Waals surface area (Å²) in [6.45, 7) is 4.40. The second-order valence-electron chi connectivity index (χ2n) is 4.31. The van der Waals surface area contributed by atoms with Crippen molar-refractivity contribution in [2.45, 2.75) is 26.4 Å². The highest BCUT2D eigenvalue weighted by Crippen LogP contribution is 2.09. The molecular weight excluding hydrogens is 229 g/mol. The van der Waals surface area contributed by atoms with Gasteiger partial charge in [-0.3, -0.25) is 0 Å². The fourth-order valence-corrected chi connectivity index (χ4v) is 1.80. The zero-order chi connectivity index (χ0) is 12.8. The summed E-state index contributed by atoms with van der Waals surface area (Å²) in [7, 11) is 0. The van der Waals surface area contributed by atoms with Gasteiger partial charge in [0, 0.05) is 18.3 Å². The summed E-state index contributed by atoms with van der Waals surface area (Å²) in [5, 5.41) is 3.29. The zero-order valence-corrected chi connectivity index (χ0v) is 10.6. The fraction of sp³-hybridized carbons (Fsp3) is 0.357. The van der Waals surface area contributed by atoms with Crippen LogP contribution in [0.25, 0.3) is 0 Å². The van der Waals surface area contributed by atoms with Crippen LogP contribution >= 0.6 is 0 Å². The van der Waals surface area contributed by atoms with E-state index in [1.54, 1.807) is 18.5 Å². The number of halogens is 1. The molecule has 2 aromatic rings. The standard InChI is InChI=1S/C14H18FN3/c1-2-7-16-8-13-10-18(11-17-13)9-12-5-3-4-6-14(12)15/h3-6,10-11,16H,2,7-9H2,1H3. The van der Waals surface area contributed by atoms with Crippen molar-refractivity contribution in [1.82, 2.24) is 14.9 Å². The predicted octanol–water partition coefficient (Wildman–Crippen LogP) is 2.57. The van der Waals surface area contributed by atoms with E-state index in [0.717, 1.165) is 25.2 Å². The molecule has 2 rings (SSSR count). The van der Waals surface area contributed by atoms with Gasteiger partial charge in [0.2, 0.25) is 0 Å². The lowest BCUT2D eigenvalue weighted by molar-refractivity contribution is 0.599. The van der Waals surface area contributed by atoms with Crippen LogP contribution in [-0.4, -0.2) is 16.1 Å². The molecule has 1 heterocycles. The molecule has 4 heteroatoms. The van der Waals surface area contributed by atoms with Crippen LogP contribution < -0.4 is 5.32 Å². The average Bonchev–Trinajstić information content (AvgIpc) is 2.80. The molecule has 0 atom stereocenters. The molecule has 0 fully saturated rings. The fourth-order valence-electron chi connectivity index (χ4n) is 1.80. The molecule has 0 radical (unpaired) electrons. The molecule has 3 nitrogen and oxygen atoms in total. The van der Waals surface area contributed by atoms with Gasteiger partial charge in [-0.25, -0.2) is 9.37 Å². The van der Waals surface area contributed by atoms with Gasteiger partial charge in [0.15, 0.2) is 0 Å². The Hall–Kier alpha value is -1.68. The molecule has 0 aliphatic rings. The van der Waals surface area contributed by atoms with Gasteiger partial charge < -0.3 is 9.88 Å². The molecule has 0 aliphatic heterocycles. The number of hydrogen-bond acceptors (Lipinski definition) is 2. The maximum Gasteiger partial charge on any atom is 0.128 e. The third-order valence-electron chi connectivity index (χ3n) is 2.73. The van der Waals surface area contributed by atoms with E-state index in [0.29, 0.717) is 12.1 Å². The number of nitrogens with zero attached hydrogens (tertiary/aromatic N) is 2. The lowest BCUT2D eigenvalue weighted by Gasteiger charge is -2.03. The van der Waals surface area contributed by atoms with Gasteiger partial charge in [-0.15, -0.1) is 0 Å². The minimum atomic E-state index is -0.170. The van der Waals surface area contributed by atoms with E-state index in [1.165, 1.54) is 6.07 Å². The maximum absolute atomic E-state index is 13.5. The van der Waals surface area contributed by atoms with E-state index in [4.69, 9.17) is 0 Å². The Morgan fingerprint density at radius 2 is 2.17 bits per heavy atom. The van der Waals surface area contributed by atoms with Crippen molar-refractivity contribution >= 4 is 0 Å². The van der Waals surface area contributed by atoms with Gasteiger partial charge in [-0.1, -0.05) is 25.1 Å². The third kappa shape index (κ3) is 3.40. The molecular formula is C14H18FN3. The number of rotatable bonds is 6. The minimum absolute atomic E-state index is 0.170. The molecule has 0 saturated carbocycles. The summed E-state index contributed by atoms with van der Waals surface area (Å²) in [6, 6.07) is 6.83. The van der Waals surface area contributed by atoms with Crippen LogP contribution in [0.1, 0.15) is 24.6 Å². The highest BCUT2D eigenvalue weighted by atomic mass is 19.1. The molecule has 1 N–H and O–H groups in total. The van der Waals surface area contributed by atoms with E-state index in [9.17, 15) is 4.39 Å². The van der Waals surface area contributed by atoms with Crippen LogP contribution in [-0.2, 0) is 13.1 Å². The first-order valence-electron chi connectivity index (χ1n) is 6.24. The predicted molar refractivity (Wildman–Crippen MR) is 69.7 cm³/mol. The van der Waals surface area contributed by atoms with Crippen molar-refractivity contribution in [2.75, 3.05) is 6.54 Å². The van der Waals surface area contributed by atoms with Gasteiger partial charge >= 0.3 is 0 Å². The number of imidazole rings is 1. The van der Waals surface area contributed by atoms with Crippen LogP contribution in [0, 0.1) is 5.82 Å². The SMILES string of the molecule is CCCNCc1cn(Cc2ccccc2F)cn1. The quantitative estimate of drug-likeness (QED) is 0.795. The van der Waals surface area contributed by atoms with E-state index < -0.39 is 0 Å². The van der Waals surface area contributed by atoms with Crippen LogP contribution in [0.3, 0.4) is 0 Å². The van der Waals surface area contributed by atoms with E-state index in [1.807, 2.05) is 16.8 Å². The zero-order valence-electron chi connectivity index (χ0n) is 10.6. The highest BCUT2D eigenvalue weighted by Gasteiger charge is 2.03. The smallest absolute Gasteiger partial charge is 0.128 e. The second kappa shape index (κ2) is 6.31. The lowest BCUT2D eigenvalue weighted by atomic mass is 10.2. The van der Waals surface area contributed by atoms with Gasteiger partial charge in [0.05, 0.1) is 18.6 Å². The van der Waals surface area contributed by atoms with Crippen molar-refractivity contribution in [3.63, 3.8) is 0 Å². The van der Waals surface area contributed by atoms with Gasteiger partial charge in [-0.2, -0.15) is 0 Å². The monoisotopic (exact) mass is 247 g/mol. The summed E-state index contributed by atoms with van der Waals surface area (Å²) in [5.74, 6) is -0.170. The molecule has 1 aromatic carbocycles. The highest BCUT2D eigenvalue weighted by molar-refractivity contribution is 5.18. The molecule has 0 saturated heterocycles. The molecule has 0 spiro atoms. The summed E-state index contributed by atoms with van der Waals surface area (Å²) in [6.07, 6.45) is 4.81. The Labute approximate surface area is 107 Å². The number of benzene rings is 1. The molecule has 0 aliphatic carbocycles. The normalized spacial score (nSPS) is 10.8. The van der Waals surface area contributed by atoms with Crippen molar-refractivity contribution in [2.24, 2.45) is 0 Å². The first kappa shape index (κ1) is 12.8. The largest absolute Gasteiger partial charge is 0.333 e. The first-order valence-corrected chi connectivity index (χ1v) is 6.24. The molecule has 0 amide bonds. The van der Waals surface area contributed by atoms with Crippen LogP contribution in [0.5, 0.6) is 0 Å². The number of aromatic nitrogens is 2. The Bertz CT molecular complexity index is 493. The van der Waals surface area contributed by atoms with Crippen LogP contribution in [0.2, 0.25) is 0 Å². The molecule has 1 aromatic heterocycles. The van der Waals surface area contributed by atoms with E-state index in [-0.39, 0.29) is 5.82 Å². The third-order valence-corrected chi connectivity index (χ3v) is 2.73. The Balaban J connectivity index is 1.96. The van der Waals surface area contributed by atoms with Gasteiger partial charge in [0.25, 0.3) is 0 Å². The molecule has 0 unspecified atom stereocenters. The second-order valence-corrected chi connectivity index (χ2v) is 4.31. The van der Waals surface area contributed by atoms with Crippen LogP contribution in [0.4, 0.5) is 4.39 Å². The summed E-state index contributed by atoms with van der Waals surface area (Å²) >= 11 is 0. The first-order chi connectivity index (χ1) is 8.79. The Morgan fingerprint density at radius 3 is 2.94 bits per heavy atom. The topological polar surface area (TPSA) is 29.9 Å². The Morgan fingerprint density at radius 1 is 1.33 bits per heavy atom. The summed E-state index contributed by atoms with van der Waals surface area (Å²) in [5.41, 5.74) is 1.67. The maximum atomic E-state index is 13.5. The van der Waals surface area contributed by atoms with Gasteiger partial charge in [-0.05, 0) is 19.0 Å². The summed E-state index contributed by atoms with van der Waals surface area (Å²) in [4.78, 5) is 4.29. The van der Waals surface area contributed by atoms with E-state index in [2.05, 4.69) is 17.2 Å². The average molecular weight is 247 g/mol. The van der Waals surface area contributed by atoms with Gasteiger partial charge in [0.1, 0.15) is 5.82 Å². The van der Waals surface area contributed by atoms with Crippen molar-refractivity contribution in [3.05, 3.63) is 53.9 Å².